The zero-order chi connectivity index (χ0) is 8.39. The Hall–Kier alpha value is -0.380. The van der Waals surface area contributed by atoms with Crippen LogP contribution in [0.2, 0.25) is 0 Å². The Labute approximate surface area is 80.0 Å². The quantitative estimate of drug-likeness (QED) is 0.797. The third-order valence-electron chi connectivity index (χ3n) is 1.74. The minimum Gasteiger partial charge on any atom is -0.312 e. The molecular formula is C9H11NS2. The average Bonchev–Trinajstić information content (AvgIpc) is 2.58. The van der Waals surface area contributed by atoms with Gasteiger partial charge in [-0.15, -0.1) is 22.7 Å². The molecule has 2 heterocycles. The standard InChI is InChI=1S/C9H11NS2/c1-2-10-6-7-5-9-8(12-7)3-4-11-9/h3-5,10H,2,6H2,1H3. The Morgan fingerprint density at radius 1 is 1.42 bits per heavy atom. The van der Waals surface area contributed by atoms with Gasteiger partial charge in [-0.1, -0.05) is 6.92 Å². The van der Waals surface area contributed by atoms with Crippen LogP contribution >= 0.6 is 22.7 Å². The second-order valence-corrected chi connectivity index (χ2v) is 4.76. The molecule has 0 aromatic carbocycles. The van der Waals surface area contributed by atoms with E-state index in [1.54, 1.807) is 0 Å². The zero-order valence-corrected chi connectivity index (χ0v) is 8.60. The molecule has 0 saturated carbocycles. The first-order valence-electron chi connectivity index (χ1n) is 4.07. The molecule has 0 aliphatic heterocycles. The van der Waals surface area contributed by atoms with E-state index in [0.29, 0.717) is 0 Å². The van der Waals surface area contributed by atoms with Crippen molar-refractivity contribution in [3.05, 3.63) is 22.4 Å². The second-order valence-electron chi connectivity index (χ2n) is 2.64. The Bertz CT molecular complexity index is 333. The lowest BCUT2D eigenvalue weighted by Crippen LogP contribution is -2.10. The maximum atomic E-state index is 3.33. The summed E-state index contributed by atoms with van der Waals surface area (Å²) < 4.78 is 2.85. The van der Waals surface area contributed by atoms with Gasteiger partial charge in [-0.05, 0) is 24.1 Å². The van der Waals surface area contributed by atoms with Crippen LogP contribution in [-0.2, 0) is 6.54 Å². The Kier molecular flexibility index (Phi) is 2.44. The molecule has 2 rings (SSSR count). The van der Waals surface area contributed by atoms with E-state index in [4.69, 9.17) is 0 Å². The van der Waals surface area contributed by atoms with E-state index in [2.05, 4.69) is 29.8 Å². The number of nitrogens with one attached hydrogen (secondary N) is 1. The summed E-state index contributed by atoms with van der Waals surface area (Å²) in [5.74, 6) is 0. The molecular weight excluding hydrogens is 186 g/mol. The monoisotopic (exact) mass is 197 g/mol. The van der Waals surface area contributed by atoms with Gasteiger partial charge in [0.25, 0.3) is 0 Å². The maximum absolute atomic E-state index is 3.33. The molecule has 1 N–H and O–H groups in total. The SMILES string of the molecule is CCNCc1cc2sccc2s1. The van der Waals surface area contributed by atoms with Crippen LogP contribution in [0.15, 0.2) is 17.5 Å². The van der Waals surface area contributed by atoms with Crippen LogP contribution < -0.4 is 5.32 Å². The van der Waals surface area contributed by atoms with E-state index in [1.165, 1.54) is 14.3 Å². The summed E-state index contributed by atoms with van der Waals surface area (Å²) >= 11 is 3.72. The topological polar surface area (TPSA) is 12.0 Å². The van der Waals surface area contributed by atoms with E-state index in [9.17, 15) is 0 Å². The van der Waals surface area contributed by atoms with Crippen molar-refractivity contribution in [1.29, 1.82) is 0 Å². The highest BCUT2D eigenvalue weighted by atomic mass is 32.1. The Morgan fingerprint density at radius 3 is 3.08 bits per heavy atom. The first kappa shape index (κ1) is 8.23. The van der Waals surface area contributed by atoms with Gasteiger partial charge in [-0.2, -0.15) is 0 Å². The molecule has 0 radical (unpaired) electrons. The van der Waals surface area contributed by atoms with E-state index >= 15 is 0 Å². The highest BCUT2D eigenvalue weighted by Gasteiger charge is 2.00. The summed E-state index contributed by atoms with van der Waals surface area (Å²) in [5.41, 5.74) is 0. The minimum absolute atomic E-state index is 1.02. The fourth-order valence-electron chi connectivity index (χ4n) is 1.15. The molecule has 0 saturated heterocycles. The van der Waals surface area contributed by atoms with Crippen LogP contribution in [0.4, 0.5) is 0 Å². The Morgan fingerprint density at radius 2 is 2.33 bits per heavy atom. The number of rotatable bonds is 3. The van der Waals surface area contributed by atoms with Crippen molar-refractivity contribution in [2.75, 3.05) is 6.54 Å². The van der Waals surface area contributed by atoms with Crippen molar-refractivity contribution in [2.24, 2.45) is 0 Å². The molecule has 0 aliphatic carbocycles. The third kappa shape index (κ3) is 1.53. The van der Waals surface area contributed by atoms with E-state index in [-0.39, 0.29) is 0 Å². The molecule has 2 aromatic heterocycles. The highest BCUT2D eigenvalue weighted by Crippen LogP contribution is 2.29. The number of thiophene rings is 2. The van der Waals surface area contributed by atoms with E-state index in [1.807, 2.05) is 22.7 Å². The van der Waals surface area contributed by atoms with Crippen molar-refractivity contribution in [2.45, 2.75) is 13.5 Å². The van der Waals surface area contributed by atoms with Crippen molar-refractivity contribution >= 4 is 32.1 Å². The largest absolute Gasteiger partial charge is 0.312 e. The van der Waals surface area contributed by atoms with Crippen LogP contribution in [0.3, 0.4) is 0 Å². The van der Waals surface area contributed by atoms with Crippen LogP contribution in [0.1, 0.15) is 11.8 Å². The predicted molar refractivity (Wildman–Crippen MR) is 57.1 cm³/mol. The van der Waals surface area contributed by atoms with Gasteiger partial charge in [0.15, 0.2) is 0 Å². The first-order valence-corrected chi connectivity index (χ1v) is 5.76. The first-order chi connectivity index (χ1) is 5.90. The molecule has 2 aromatic rings. The van der Waals surface area contributed by atoms with Crippen molar-refractivity contribution in [3.63, 3.8) is 0 Å². The van der Waals surface area contributed by atoms with Gasteiger partial charge in [0.2, 0.25) is 0 Å². The van der Waals surface area contributed by atoms with Crippen LogP contribution in [0.25, 0.3) is 9.40 Å². The molecule has 12 heavy (non-hydrogen) atoms. The summed E-state index contributed by atoms with van der Waals surface area (Å²) in [5, 5.41) is 5.48. The number of hydrogen-bond acceptors (Lipinski definition) is 3. The third-order valence-corrected chi connectivity index (χ3v) is 3.83. The lowest BCUT2D eigenvalue weighted by molar-refractivity contribution is 0.736. The number of fused-ring (bicyclic) bond motifs is 1. The minimum atomic E-state index is 1.02. The fraction of sp³-hybridized carbons (Fsp3) is 0.333. The molecule has 0 amide bonds. The molecule has 0 bridgehead atoms. The summed E-state index contributed by atoms with van der Waals surface area (Å²) in [6, 6.07) is 4.48. The van der Waals surface area contributed by atoms with Crippen molar-refractivity contribution in [3.8, 4) is 0 Å². The van der Waals surface area contributed by atoms with Gasteiger partial charge in [0.1, 0.15) is 0 Å². The molecule has 0 atom stereocenters. The number of hydrogen-bond donors (Lipinski definition) is 1. The van der Waals surface area contributed by atoms with Crippen LogP contribution in [-0.4, -0.2) is 6.54 Å². The van der Waals surface area contributed by atoms with Crippen LogP contribution in [0.5, 0.6) is 0 Å². The van der Waals surface area contributed by atoms with Gasteiger partial charge in [0, 0.05) is 20.8 Å². The second kappa shape index (κ2) is 3.56. The molecule has 1 nitrogen and oxygen atoms in total. The fourth-order valence-corrected chi connectivity index (χ4v) is 3.26. The Balaban J connectivity index is 2.21. The smallest absolute Gasteiger partial charge is 0.0453 e. The highest BCUT2D eigenvalue weighted by molar-refractivity contribution is 7.26. The molecule has 0 aliphatic rings. The van der Waals surface area contributed by atoms with Gasteiger partial charge < -0.3 is 5.32 Å². The van der Waals surface area contributed by atoms with E-state index < -0.39 is 0 Å². The molecule has 0 fully saturated rings. The van der Waals surface area contributed by atoms with Gasteiger partial charge in [0.05, 0.1) is 0 Å². The van der Waals surface area contributed by atoms with Crippen molar-refractivity contribution in [1.82, 2.24) is 5.32 Å². The zero-order valence-electron chi connectivity index (χ0n) is 6.96. The summed E-state index contributed by atoms with van der Waals surface area (Å²) in [4.78, 5) is 1.44. The van der Waals surface area contributed by atoms with E-state index in [0.717, 1.165) is 13.1 Å². The molecule has 0 spiro atoms. The van der Waals surface area contributed by atoms with Gasteiger partial charge in [-0.25, -0.2) is 0 Å². The van der Waals surface area contributed by atoms with Gasteiger partial charge >= 0.3 is 0 Å². The lowest BCUT2D eigenvalue weighted by atomic mass is 10.4. The average molecular weight is 197 g/mol. The molecule has 64 valence electrons. The van der Waals surface area contributed by atoms with Crippen molar-refractivity contribution < 1.29 is 0 Å². The van der Waals surface area contributed by atoms with Gasteiger partial charge in [-0.3, -0.25) is 0 Å². The summed E-state index contributed by atoms with van der Waals surface area (Å²) in [7, 11) is 0. The summed E-state index contributed by atoms with van der Waals surface area (Å²) in [6.45, 7) is 4.20. The molecule has 0 unspecified atom stereocenters. The normalized spacial score (nSPS) is 11.1. The predicted octanol–water partition coefficient (Wildman–Crippen LogP) is 3.07. The summed E-state index contributed by atoms with van der Waals surface area (Å²) in [6.07, 6.45) is 0. The molecule has 3 heteroatoms. The maximum Gasteiger partial charge on any atom is 0.0453 e. The van der Waals surface area contributed by atoms with Crippen LogP contribution in [0, 0.1) is 0 Å². The lowest BCUT2D eigenvalue weighted by Gasteiger charge is -1.95.